The van der Waals surface area contributed by atoms with Crippen molar-refractivity contribution in [1.29, 1.82) is 0 Å². The van der Waals surface area contributed by atoms with Gasteiger partial charge < -0.3 is 9.11 Å². The van der Waals surface area contributed by atoms with Gasteiger partial charge in [-0.05, 0) is 98.7 Å². The summed E-state index contributed by atoms with van der Waals surface area (Å²) in [7, 11) is -12.4. The van der Waals surface area contributed by atoms with Crippen LogP contribution < -0.4 is 42.5 Å². The van der Waals surface area contributed by atoms with E-state index in [2.05, 4.69) is 63.9 Å². The molecule has 25 heteroatoms. The minimum absolute atomic E-state index is 0. The number of fused-ring (bicyclic) bond motifs is 20. The van der Waals surface area contributed by atoms with Crippen molar-refractivity contribution in [3.05, 3.63) is 0 Å². The van der Waals surface area contributed by atoms with Crippen molar-refractivity contribution in [2.24, 2.45) is 47.3 Å². The van der Waals surface area contributed by atoms with Crippen molar-refractivity contribution >= 4 is 55.8 Å². The number of halogens is 2. The first-order valence-electron chi connectivity index (χ1n) is 20.2. The largest absolute Gasteiger partial charge is 2.00 e. The summed E-state index contributed by atoms with van der Waals surface area (Å²) < 4.78 is 94.3. The summed E-state index contributed by atoms with van der Waals surface area (Å²) in [4.78, 5) is 0. The summed E-state index contributed by atoms with van der Waals surface area (Å²) in [6.07, 6.45) is 25.6. The molecule has 0 aromatic rings. The van der Waals surface area contributed by atoms with Gasteiger partial charge in [0.25, 0.3) is 0 Å². The second kappa shape index (κ2) is 18.7. The molecule has 8 unspecified atom stereocenters. The molecular weight excluding hydrogens is 914 g/mol. The molecule has 5 saturated heterocycles. The Morgan fingerprint density at radius 3 is 0.509 bits per heavy atom. The zero-order valence-corrected chi connectivity index (χ0v) is 37.1. The van der Waals surface area contributed by atoms with Crippen LogP contribution in [0, 0.1) is 47.3 Å². The van der Waals surface area contributed by atoms with E-state index >= 15 is 0 Å². The number of hydrogen-bond donors (Lipinski definition) is 8. The van der Waals surface area contributed by atoms with Crippen LogP contribution in [0.5, 0.6) is 0 Å². The molecule has 5 heterocycles. The molecule has 8 atom stereocenters. The van der Waals surface area contributed by atoms with Gasteiger partial charge in [-0.3, -0.25) is 42.5 Å². The monoisotopic (exact) mass is 968 g/mol. The van der Waals surface area contributed by atoms with Crippen molar-refractivity contribution in [1.82, 2.24) is 42.5 Å². The molecule has 8 N–H and O–H groups in total. The van der Waals surface area contributed by atoms with Crippen LogP contribution in [0.2, 0.25) is 0 Å². The fourth-order valence-electron chi connectivity index (χ4n) is 12.0. The standard InChI is InChI=1S/C32H56N8.2ClHO5S2.Ni/c1-2-10-18-17(9-1)25-33-26(18)38-28-21-13-5-6-14-22(21)30(35-28)40-32-24-16-8-7-15-23(24)31(36-32)39-29-20-12-4-3-11-19(20)27(34-29)37-25;2*1-7(2,3)8(4,5)6;/h17-40H,1-16H2;2*(H,4,5,6);/q;;;+2/p-2. The first kappa shape index (κ1) is 47.0. The van der Waals surface area contributed by atoms with E-state index in [1.165, 1.54) is 103 Å². The topological polar surface area (TPSA) is 279 Å². The Labute approximate surface area is 354 Å². The van der Waals surface area contributed by atoms with E-state index in [0.717, 1.165) is 47.3 Å². The van der Waals surface area contributed by atoms with E-state index in [0.29, 0.717) is 49.3 Å². The average molecular weight is 971 g/mol. The van der Waals surface area contributed by atoms with Crippen LogP contribution in [0.15, 0.2) is 0 Å². The summed E-state index contributed by atoms with van der Waals surface area (Å²) in [6, 6.07) is 0. The van der Waals surface area contributed by atoms with Crippen LogP contribution in [0.1, 0.15) is 103 Å². The molecule has 9 aliphatic rings. The van der Waals surface area contributed by atoms with Crippen LogP contribution in [0.25, 0.3) is 0 Å². The maximum Gasteiger partial charge on any atom is 2.00 e. The van der Waals surface area contributed by atoms with Crippen LogP contribution in [-0.4, -0.2) is 92.1 Å². The van der Waals surface area contributed by atoms with Crippen molar-refractivity contribution in [3.63, 3.8) is 0 Å². The predicted octanol–water partition coefficient (Wildman–Crippen LogP) is 0.634. The number of rotatable bonds is 2. The summed E-state index contributed by atoms with van der Waals surface area (Å²) in [5.41, 5.74) is 0. The molecule has 4 saturated carbocycles. The molecule has 0 radical (unpaired) electrons. The number of nitrogens with one attached hydrogen (secondary N) is 8. The predicted molar refractivity (Wildman–Crippen MR) is 206 cm³/mol. The van der Waals surface area contributed by atoms with Gasteiger partial charge in [-0.25, -0.2) is 16.8 Å². The van der Waals surface area contributed by atoms with Gasteiger partial charge in [0.2, 0.25) is 18.3 Å². The summed E-state index contributed by atoms with van der Waals surface area (Å²) in [6.45, 7) is 0. The first-order valence-corrected chi connectivity index (χ1v) is 28.7. The van der Waals surface area contributed by atoms with Crippen molar-refractivity contribution < 1.29 is 59.3 Å². The smallest absolute Gasteiger partial charge is 0.735 e. The molecular formula is C32H56Cl2N8NiO10S4. The fourth-order valence-corrected chi connectivity index (χ4v) is 12.0. The van der Waals surface area contributed by atoms with Gasteiger partial charge in [-0.1, -0.05) is 51.4 Å². The van der Waals surface area contributed by atoms with E-state index in [-0.39, 0.29) is 16.5 Å². The van der Waals surface area contributed by atoms with E-state index in [1.807, 2.05) is 0 Å². The molecule has 4 aliphatic carbocycles. The van der Waals surface area contributed by atoms with Crippen LogP contribution >= 0.6 is 21.4 Å². The zero-order chi connectivity index (χ0) is 40.2. The Hall–Kier alpha value is 0.474. The summed E-state index contributed by atoms with van der Waals surface area (Å²) in [5.74, 6) is 5.97. The second-order valence-corrected chi connectivity index (χ2v) is 29.0. The third-order valence-corrected chi connectivity index (χ3v) is 21.0. The van der Waals surface area contributed by atoms with E-state index in [9.17, 15) is 42.8 Å². The molecule has 332 valence electrons. The second-order valence-electron chi connectivity index (χ2n) is 17.2. The Balaban J connectivity index is 0.000000275. The van der Waals surface area contributed by atoms with Crippen molar-refractivity contribution in [3.8, 4) is 0 Å². The Bertz CT molecular complexity index is 1530. The molecule has 8 bridgehead atoms. The van der Waals surface area contributed by atoms with Gasteiger partial charge in [-0.15, -0.1) is 0 Å². The molecule has 0 aromatic carbocycles. The van der Waals surface area contributed by atoms with E-state index in [4.69, 9.17) is 0 Å². The first-order chi connectivity index (χ1) is 26.3. The molecule has 0 spiro atoms. The SMILES string of the molecule is C1CCC2C3NC(NC4NC(NC5NC(NC6NC(N3)C3CCCCC63)C3CCCCC53)C3CCCCC43)C2C1.O=S(=O)([O-])S(=O)(=O)Cl.O=S(=O)([O-])S(=O)(=O)Cl.[Ni+2]. The van der Waals surface area contributed by atoms with Gasteiger partial charge in [-0.2, -0.15) is 16.8 Å². The van der Waals surface area contributed by atoms with Crippen LogP contribution in [0.3, 0.4) is 0 Å². The molecule has 18 nitrogen and oxygen atoms in total. The van der Waals surface area contributed by atoms with Crippen molar-refractivity contribution in [2.75, 3.05) is 0 Å². The maximum absolute atomic E-state index is 9.52. The van der Waals surface area contributed by atoms with Crippen LogP contribution in [-0.2, 0) is 51.0 Å². The van der Waals surface area contributed by atoms with Gasteiger partial charge in [0.1, 0.15) is 0 Å². The fraction of sp³-hybridized carbons (Fsp3) is 1.00. The van der Waals surface area contributed by atoms with Gasteiger partial charge in [0.15, 0.2) is 0 Å². The Morgan fingerprint density at radius 1 is 0.316 bits per heavy atom. The molecule has 0 aromatic heterocycles. The number of hydrogen-bond acceptors (Lipinski definition) is 18. The van der Waals surface area contributed by atoms with Gasteiger partial charge in [0, 0.05) is 21.4 Å². The zero-order valence-electron chi connectivity index (χ0n) is 31.3. The summed E-state index contributed by atoms with van der Waals surface area (Å²) >= 11 is 0. The Kier molecular flexibility index (Phi) is 15.4. The third kappa shape index (κ3) is 10.5. The summed E-state index contributed by atoms with van der Waals surface area (Å²) in [5, 5.41) is 33.8. The van der Waals surface area contributed by atoms with Gasteiger partial charge in [0.05, 0.1) is 49.3 Å². The average Bonchev–Trinajstić information content (AvgIpc) is 3.86. The van der Waals surface area contributed by atoms with E-state index in [1.54, 1.807) is 0 Å². The van der Waals surface area contributed by atoms with Crippen LogP contribution in [0.4, 0.5) is 0 Å². The van der Waals surface area contributed by atoms with E-state index < -0.39 is 34.5 Å². The maximum atomic E-state index is 9.52. The molecule has 57 heavy (non-hydrogen) atoms. The molecule has 5 aliphatic heterocycles. The molecule has 9 fully saturated rings. The minimum atomic E-state index is -5.35. The van der Waals surface area contributed by atoms with Crippen molar-refractivity contribution in [2.45, 2.75) is 152 Å². The quantitative estimate of drug-likeness (QED) is 0.0816. The van der Waals surface area contributed by atoms with Gasteiger partial charge >= 0.3 is 32.7 Å². The Morgan fingerprint density at radius 2 is 0.421 bits per heavy atom. The third-order valence-electron chi connectivity index (χ3n) is 14.3. The molecule has 9 rings (SSSR count). The normalized spacial score (nSPS) is 44.3. The minimum Gasteiger partial charge on any atom is -0.735 e. The molecule has 0 amide bonds.